The Hall–Kier alpha value is -3.12. The highest BCUT2D eigenvalue weighted by Crippen LogP contribution is 2.31. The Morgan fingerprint density at radius 2 is 1.65 bits per heavy atom. The summed E-state index contributed by atoms with van der Waals surface area (Å²) in [6, 6.07) is 18.9. The molecule has 31 heavy (non-hydrogen) atoms. The zero-order chi connectivity index (χ0) is 22.4. The molecule has 0 aromatic heterocycles. The van der Waals surface area contributed by atoms with Crippen LogP contribution in [0.4, 0.5) is 8.78 Å². The summed E-state index contributed by atoms with van der Waals surface area (Å²) in [7, 11) is 0. The van der Waals surface area contributed by atoms with E-state index in [2.05, 4.69) is 51.0 Å². The predicted molar refractivity (Wildman–Crippen MR) is 123 cm³/mol. The van der Waals surface area contributed by atoms with Crippen LogP contribution in [-0.2, 0) is 11.8 Å². The number of terminal acetylenes is 1. The van der Waals surface area contributed by atoms with Gasteiger partial charge >= 0.3 is 0 Å². The fraction of sp³-hybridized carbons (Fsp3) is 0.286. The minimum atomic E-state index is -0.452. The first kappa shape index (κ1) is 22.6. The van der Waals surface area contributed by atoms with Crippen LogP contribution in [0.3, 0.4) is 0 Å². The van der Waals surface area contributed by atoms with E-state index in [0.717, 1.165) is 30.4 Å². The van der Waals surface area contributed by atoms with E-state index in [9.17, 15) is 8.78 Å². The number of ether oxygens (including phenoxy) is 1. The van der Waals surface area contributed by atoms with E-state index in [1.54, 1.807) is 12.1 Å². The predicted octanol–water partition coefficient (Wildman–Crippen LogP) is 7.79. The Balaban J connectivity index is 1.66. The van der Waals surface area contributed by atoms with Crippen LogP contribution in [0.5, 0.6) is 11.5 Å². The number of hydrogen-bond donors (Lipinski definition) is 0. The molecule has 3 heteroatoms. The molecule has 0 aliphatic rings. The fourth-order valence-electron chi connectivity index (χ4n) is 3.59. The second-order valence-corrected chi connectivity index (χ2v) is 8.43. The monoisotopic (exact) mass is 418 g/mol. The fourth-order valence-corrected chi connectivity index (χ4v) is 3.59. The van der Waals surface area contributed by atoms with Crippen LogP contribution < -0.4 is 4.74 Å². The molecule has 3 aromatic carbocycles. The Kier molecular flexibility index (Phi) is 7.13. The van der Waals surface area contributed by atoms with Crippen LogP contribution in [0, 0.1) is 24.0 Å². The van der Waals surface area contributed by atoms with Crippen molar-refractivity contribution in [3.05, 3.63) is 95.1 Å². The third kappa shape index (κ3) is 5.73. The third-order valence-electron chi connectivity index (χ3n) is 5.71. The van der Waals surface area contributed by atoms with Crippen molar-refractivity contribution in [2.45, 2.75) is 51.4 Å². The minimum Gasteiger partial charge on any atom is -0.454 e. The van der Waals surface area contributed by atoms with Crippen molar-refractivity contribution in [2.24, 2.45) is 0 Å². The highest BCUT2D eigenvalue weighted by Gasteiger charge is 2.23. The molecular weight excluding hydrogens is 390 g/mol. The van der Waals surface area contributed by atoms with E-state index < -0.39 is 5.82 Å². The average molecular weight is 419 g/mol. The molecule has 3 rings (SSSR count). The molecule has 1 atom stereocenters. The van der Waals surface area contributed by atoms with E-state index in [1.807, 2.05) is 0 Å². The van der Waals surface area contributed by atoms with Gasteiger partial charge in [0, 0.05) is 0 Å². The Labute approximate surface area is 184 Å². The summed E-state index contributed by atoms with van der Waals surface area (Å²) in [6.45, 7) is 6.43. The molecule has 0 radical (unpaired) electrons. The first-order valence-corrected chi connectivity index (χ1v) is 10.6. The van der Waals surface area contributed by atoms with Gasteiger partial charge in [-0.25, -0.2) is 8.78 Å². The lowest BCUT2D eigenvalue weighted by Crippen LogP contribution is -2.19. The first-order chi connectivity index (χ1) is 14.8. The van der Waals surface area contributed by atoms with Crippen LogP contribution in [0.25, 0.3) is 0 Å². The molecule has 0 N–H and O–H groups in total. The van der Waals surface area contributed by atoms with Gasteiger partial charge in [0.25, 0.3) is 0 Å². The maximum Gasteiger partial charge on any atom is 0.165 e. The lowest BCUT2D eigenvalue weighted by molar-refractivity contribution is 0.440. The van der Waals surface area contributed by atoms with E-state index in [4.69, 9.17) is 11.2 Å². The summed E-state index contributed by atoms with van der Waals surface area (Å²) in [5, 5.41) is 0. The van der Waals surface area contributed by atoms with E-state index >= 15 is 0 Å². The Morgan fingerprint density at radius 1 is 0.968 bits per heavy atom. The molecule has 0 bridgehead atoms. The summed E-state index contributed by atoms with van der Waals surface area (Å²) in [5.41, 5.74) is 3.04. The molecule has 0 saturated heterocycles. The minimum absolute atomic E-state index is 0.132. The molecule has 0 amide bonds. The molecular formula is C28H28F2O. The molecule has 0 heterocycles. The van der Waals surface area contributed by atoms with E-state index in [1.165, 1.54) is 35.9 Å². The van der Waals surface area contributed by atoms with Crippen molar-refractivity contribution in [2.75, 3.05) is 0 Å². The topological polar surface area (TPSA) is 9.23 Å². The summed E-state index contributed by atoms with van der Waals surface area (Å²) in [6.07, 6.45) is 8.33. The van der Waals surface area contributed by atoms with Crippen molar-refractivity contribution >= 4 is 0 Å². The van der Waals surface area contributed by atoms with Crippen LogP contribution in [0.15, 0.2) is 66.7 Å². The number of halogens is 2. The van der Waals surface area contributed by atoms with Gasteiger partial charge in [-0.05, 0) is 85.2 Å². The normalized spacial score (nSPS) is 12.9. The van der Waals surface area contributed by atoms with Gasteiger partial charge in [-0.15, -0.1) is 6.42 Å². The number of rotatable bonds is 8. The maximum atomic E-state index is 14.2. The third-order valence-corrected chi connectivity index (χ3v) is 5.71. The molecule has 0 spiro atoms. The second-order valence-electron chi connectivity index (χ2n) is 8.43. The molecule has 160 valence electrons. The molecule has 1 unspecified atom stereocenters. The summed E-state index contributed by atoms with van der Waals surface area (Å²) in [4.78, 5) is 0. The summed E-state index contributed by atoms with van der Waals surface area (Å²) < 4.78 is 32.9. The van der Waals surface area contributed by atoms with E-state index in [0.29, 0.717) is 11.7 Å². The molecule has 0 aliphatic carbocycles. The van der Waals surface area contributed by atoms with Crippen molar-refractivity contribution in [3.63, 3.8) is 0 Å². The van der Waals surface area contributed by atoms with Crippen molar-refractivity contribution in [3.8, 4) is 23.8 Å². The highest BCUT2D eigenvalue weighted by atomic mass is 19.1. The average Bonchev–Trinajstić information content (AvgIpc) is 2.77. The van der Waals surface area contributed by atoms with Gasteiger partial charge in [0.1, 0.15) is 11.6 Å². The summed E-state index contributed by atoms with van der Waals surface area (Å²) in [5.74, 6) is 3.16. The standard InChI is InChI=1S/C28H28F2O/c1-5-28(4,23-11-9-22(10-12-23)20(2)3)18-6-7-21-8-17-26(30)27(19-21)31-25-15-13-24(29)14-16-25/h1,8-17,19-20H,6-7,18H2,2-4H3. The van der Waals surface area contributed by atoms with Gasteiger partial charge in [-0.3, -0.25) is 0 Å². The van der Waals surface area contributed by atoms with Crippen LogP contribution >= 0.6 is 0 Å². The van der Waals surface area contributed by atoms with Crippen molar-refractivity contribution in [1.29, 1.82) is 0 Å². The summed E-state index contributed by atoms with van der Waals surface area (Å²) >= 11 is 0. The lowest BCUT2D eigenvalue weighted by atomic mass is 9.78. The van der Waals surface area contributed by atoms with Crippen LogP contribution in [0.1, 0.15) is 56.2 Å². The zero-order valence-corrected chi connectivity index (χ0v) is 18.3. The van der Waals surface area contributed by atoms with Gasteiger partial charge in [-0.2, -0.15) is 0 Å². The molecule has 0 aliphatic heterocycles. The molecule has 0 fully saturated rings. The van der Waals surface area contributed by atoms with Gasteiger partial charge < -0.3 is 4.74 Å². The van der Waals surface area contributed by atoms with Crippen LogP contribution in [0.2, 0.25) is 0 Å². The number of benzene rings is 3. The molecule has 0 saturated carbocycles. The Morgan fingerprint density at radius 3 is 2.26 bits per heavy atom. The van der Waals surface area contributed by atoms with Gasteiger partial charge in [0.05, 0.1) is 5.41 Å². The SMILES string of the molecule is C#CC(C)(CCCc1ccc(F)c(Oc2ccc(F)cc2)c1)c1ccc(C(C)C)cc1. The molecule has 3 aromatic rings. The second kappa shape index (κ2) is 9.79. The van der Waals surface area contributed by atoms with Crippen LogP contribution in [-0.4, -0.2) is 0 Å². The Bertz CT molecular complexity index is 1050. The van der Waals surface area contributed by atoms with Crippen molar-refractivity contribution < 1.29 is 13.5 Å². The lowest BCUT2D eigenvalue weighted by Gasteiger charge is -2.25. The number of hydrogen-bond acceptors (Lipinski definition) is 1. The quantitative estimate of drug-likeness (QED) is 0.339. The first-order valence-electron chi connectivity index (χ1n) is 10.6. The maximum absolute atomic E-state index is 14.2. The van der Waals surface area contributed by atoms with Gasteiger partial charge in [0.15, 0.2) is 11.6 Å². The molecule has 1 nitrogen and oxygen atoms in total. The zero-order valence-electron chi connectivity index (χ0n) is 18.3. The highest BCUT2D eigenvalue weighted by molar-refractivity contribution is 5.37. The number of aryl methyl sites for hydroxylation is 1. The van der Waals surface area contributed by atoms with Gasteiger partial charge in [-0.1, -0.05) is 50.1 Å². The smallest absolute Gasteiger partial charge is 0.165 e. The largest absolute Gasteiger partial charge is 0.454 e. The van der Waals surface area contributed by atoms with Gasteiger partial charge in [0.2, 0.25) is 0 Å². The van der Waals surface area contributed by atoms with Crippen molar-refractivity contribution in [1.82, 2.24) is 0 Å². The van der Waals surface area contributed by atoms with E-state index in [-0.39, 0.29) is 17.0 Å².